The zero-order valence-electron chi connectivity index (χ0n) is 19.1. The number of Topliss-reactive ketones (excluding diaryl/α,β-unsaturated/α-hetero) is 1. The SMILES string of the molecule is CCCOc1ccc(C2/C(=C(/O)c3cccc(OC(C)C)c3)C(=O)C(=O)N2CCC)cc1. The fraction of sp³-hybridized carbons (Fsp3) is 0.385. The summed E-state index contributed by atoms with van der Waals surface area (Å²) in [6, 6.07) is 13.6. The predicted molar refractivity (Wildman–Crippen MR) is 124 cm³/mol. The average Bonchev–Trinajstić information content (AvgIpc) is 3.02. The second kappa shape index (κ2) is 10.4. The fourth-order valence-corrected chi connectivity index (χ4v) is 3.81. The van der Waals surface area contributed by atoms with E-state index in [1.165, 1.54) is 4.90 Å². The maximum Gasteiger partial charge on any atom is 0.295 e. The van der Waals surface area contributed by atoms with Crippen LogP contribution in [0.4, 0.5) is 0 Å². The molecule has 1 amide bonds. The Balaban J connectivity index is 2.07. The molecule has 1 aliphatic rings. The fourth-order valence-electron chi connectivity index (χ4n) is 3.81. The molecule has 0 saturated carbocycles. The van der Waals surface area contributed by atoms with Crippen molar-refractivity contribution in [3.8, 4) is 11.5 Å². The minimum atomic E-state index is -0.678. The highest BCUT2D eigenvalue weighted by molar-refractivity contribution is 6.46. The van der Waals surface area contributed by atoms with Gasteiger partial charge in [-0.15, -0.1) is 0 Å². The van der Waals surface area contributed by atoms with E-state index in [0.717, 1.165) is 17.7 Å². The van der Waals surface area contributed by atoms with E-state index in [0.29, 0.717) is 30.9 Å². The molecule has 1 heterocycles. The summed E-state index contributed by atoms with van der Waals surface area (Å²) < 4.78 is 11.4. The highest BCUT2D eigenvalue weighted by atomic mass is 16.5. The molecule has 1 unspecified atom stereocenters. The third kappa shape index (κ3) is 4.96. The zero-order valence-corrected chi connectivity index (χ0v) is 19.1. The molecule has 0 bridgehead atoms. The van der Waals surface area contributed by atoms with Gasteiger partial charge < -0.3 is 19.5 Å². The van der Waals surface area contributed by atoms with Gasteiger partial charge in [0.2, 0.25) is 0 Å². The van der Waals surface area contributed by atoms with E-state index >= 15 is 0 Å². The second-order valence-electron chi connectivity index (χ2n) is 8.10. The van der Waals surface area contributed by atoms with Gasteiger partial charge in [-0.05, 0) is 56.5 Å². The van der Waals surface area contributed by atoms with Crippen molar-refractivity contribution >= 4 is 17.4 Å². The molecular formula is C26H31NO5. The van der Waals surface area contributed by atoms with Crippen molar-refractivity contribution in [2.45, 2.75) is 52.7 Å². The molecule has 1 saturated heterocycles. The molecule has 1 N–H and O–H groups in total. The summed E-state index contributed by atoms with van der Waals surface area (Å²) in [7, 11) is 0. The Hall–Kier alpha value is -3.28. The largest absolute Gasteiger partial charge is 0.507 e. The van der Waals surface area contributed by atoms with E-state index in [1.807, 2.05) is 52.0 Å². The number of carbonyl (C=O) groups excluding carboxylic acids is 2. The number of aliphatic hydroxyl groups excluding tert-OH is 1. The standard InChI is InChI=1S/C26H31NO5/c1-5-14-27-23(18-10-12-20(13-11-18)31-15-6-2)22(25(29)26(27)30)24(28)19-8-7-9-21(16-19)32-17(3)4/h7-13,16-17,23,28H,5-6,14-15H2,1-4H3/b24-22-. The minimum absolute atomic E-state index is 0.0315. The Morgan fingerprint density at radius 2 is 1.75 bits per heavy atom. The van der Waals surface area contributed by atoms with Gasteiger partial charge in [-0.3, -0.25) is 9.59 Å². The summed E-state index contributed by atoms with van der Waals surface area (Å²) in [5.74, 6) is -0.170. The van der Waals surface area contributed by atoms with Gasteiger partial charge >= 0.3 is 0 Å². The van der Waals surface area contributed by atoms with Gasteiger partial charge in [-0.1, -0.05) is 38.1 Å². The van der Waals surface area contributed by atoms with E-state index in [4.69, 9.17) is 9.47 Å². The zero-order chi connectivity index (χ0) is 23.3. The number of hydrogen-bond acceptors (Lipinski definition) is 5. The Morgan fingerprint density at radius 3 is 2.38 bits per heavy atom. The van der Waals surface area contributed by atoms with Gasteiger partial charge in [0.25, 0.3) is 11.7 Å². The maximum absolute atomic E-state index is 13.0. The molecule has 1 atom stereocenters. The van der Waals surface area contributed by atoms with Crippen LogP contribution in [0.25, 0.3) is 5.76 Å². The topological polar surface area (TPSA) is 76.1 Å². The van der Waals surface area contributed by atoms with Gasteiger partial charge in [0.1, 0.15) is 17.3 Å². The maximum atomic E-state index is 13.0. The van der Waals surface area contributed by atoms with Crippen LogP contribution in [-0.2, 0) is 9.59 Å². The van der Waals surface area contributed by atoms with Crippen LogP contribution in [0.2, 0.25) is 0 Å². The smallest absolute Gasteiger partial charge is 0.295 e. The van der Waals surface area contributed by atoms with Crippen molar-refractivity contribution in [3.05, 3.63) is 65.2 Å². The van der Waals surface area contributed by atoms with E-state index in [2.05, 4.69) is 0 Å². The molecule has 0 spiro atoms. The molecule has 3 rings (SSSR count). The monoisotopic (exact) mass is 437 g/mol. The second-order valence-corrected chi connectivity index (χ2v) is 8.10. The summed E-state index contributed by atoms with van der Waals surface area (Å²) in [5, 5.41) is 11.2. The summed E-state index contributed by atoms with van der Waals surface area (Å²) in [5.41, 5.74) is 1.27. The number of rotatable bonds is 9. The number of ketones is 1. The number of ether oxygens (including phenoxy) is 2. The van der Waals surface area contributed by atoms with Crippen molar-refractivity contribution in [2.24, 2.45) is 0 Å². The molecule has 1 fully saturated rings. The Labute approximate surface area is 189 Å². The van der Waals surface area contributed by atoms with E-state index in [-0.39, 0.29) is 17.4 Å². The molecule has 1 aliphatic heterocycles. The van der Waals surface area contributed by atoms with Crippen LogP contribution in [0, 0.1) is 0 Å². The first-order valence-electron chi connectivity index (χ1n) is 11.2. The lowest BCUT2D eigenvalue weighted by Gasteiger charge is -2.25. The first-order chi connectivity index (χ1) is 15.4. The number of hydrogen-bond donors (Lipinski definition) is 1. The molecular weight excluding hydrogens is 406 g/mol. The highest BCUT2D eigenvalue weighted by Crippen LogP contribution is 2.40. The average molecular weight is 438 g/mol. The van der Waals surface area contributed by atoms with E-state index in [1.54, 1.807) is 24.3 Å². The third-order valence-corrected chi connectivity index (χ3v) is 5.15. The van der Waals surface area contributed by atoms with E-state index in [9.17, 15) is 14.7 Å². The van der Waals surface area contributed by atoms with Crippen molar-refractivity contribution in [1.82, 2.24) is 4.90 Å². The number of likely N-dealkylation sites (tertiary alicyclic amines) is 1. The molecule has 2 aromatic carbocycles. The molecule has 2 aromatic rings. The first kappa shape index (κ1) is 23.4. The number of carbonyl (C=O) groups is 2. The lowest BCUT2D eigenvalue weighted by atomic mass is 9.95. The predicted octanol–water partition coefficient (Wildman–Crippen LogP) is 5.09. The van der Waals surface area contributed by atoms with Crippen LogP contribution >= 0.6 is 0 Å². The number of nitrogens with zero attached hydrogens (tertiary/aromatic N) is 1. The lowest BCUT2D eigenvalue weighted by Crippen LogP contribution is -2.30. The van der Waals surface area contributed by atoms with Gasteiger partial charge in [-0.2, -0.15) is 0 Å². The van der Waals surface area contributed by atoms with Gasteiger partial charge in [0.05, 0.1) is 24.3 Å². The molecule has 6 nitrogen and oxygen atoms in total. The van der Waals surface area contributed by atoms with Crippen molar-refractivity contribution in [3.63, 3.8) is 0 Å². The lowest BCUT2D eigenvalue weighted by molar-refractivity contribution is -0.139. The Kier molecular flexibility index (Phi) is 7.57. The van der Waals surface area contributed by atoms with Crippen LogP contribution in [0.3, 0.4) is 0 Å². The van der Waals surface area contributed by atoms with Crippen LogP contribution in [0.1, 0.15) is 57.7 Å². The Bertz CT molecular complexity index is 994. The Morgan fingerprint density at radius 1 is 1.03 bits per heavy atom. The van der Waals surface area contributed by atoms with Gasteiger partial charge in [0, 0.05) is 12.1 Å². The minimum Gasteiger partial charge on any atom is -0.507 e. The molecule has 32 heavy (non-hydrogen) atoms. The van der Waals surface area contributed by atoms with Crippen LogP contribution < -0.4 is 9.47 Å². The van der Waals surface area contributed by atoms with Crippen LogP contribution in [0.15, 0.2) is 54.1 Å². The quantitative estimate of drug-likeness (QED) is 0.336. The molecule has 170 valence electrons. The molecule has 6 heteroatoms. The van der Waals surface area contributed by atoms with Crippen LogP contribution in [0.5, 0.6) is 11.5 Å². The number of amides is 1. The van der Waals surface area contributed by atoms with Crippen molar-refractivity contribution in [2.75, 3.05) is 13.2 Å². The van der Waals surface area contributed by atoms with Gasteiger partial charge in [-0.25, -0.2) is 0 Å². The number of benzene rings is 2. The van der Waals surface area contributed by atoms with E-state index < -0.39 is 17.7 Å². The van der Waals surface area contributed by atoms with Crippen molar-refractivity contribution in [1.29, 1.82) is 0 Å². The summed E-state index contributed by atoms with van der Waals surface area (Å²) in [4.78, 5) is 27.4. The third-order valence-electron chi connectivity index (χ3n) is 5.15. The number of aliphatic hydroxyl groups is 1. The van der Waals surface area contributed by atoms with Gasteiger partial charge in [0.15, 0.2) is 0 Å². The van der Waals surface area contributed by atoms with Crippen LogP contribution in [-0.4, -0.2) is 41.0 Å². The highest BCUT2D eigenvalue weighted by Gasteiger charge is 2.45. The van der Waals surface area contributed by atoms with Crippen molar-refractivity contribution < 1.29 is 24.2 Å². The summed E-state index contributed by atoms with van der Waals surface area (Å²) in [6.07, 6.45) is 1.56. The molecule has 0 aliphatic carbocycles. The normalized spacial score (nSPS) is 17.8. The summed E-state index contributed by atoms with van der Waals surface area (Å²) >= 11 is 0. The molecule has 0 radical (unpaired) electrons. The molecule has 0 aromatic heterocycles. The summed E-state index contributed by atoms with van der Waals surface area (Å²) in [6.45, 7) is 8.84. The first-order valence-corrected chi connectivity index (χ1v) is 11.2.